The predicted molar refractivity (Wildman–Crippen MR) is 159 cm³/mol. The normalized spacial score (nSPS) is 20.8. The van der Waals surface area contributed by atoms with Crippen molar-refractivity contribution in [3.63, 3.8) is 0 Å². The van der Waals surface area contributed by atoms with E-state index < -0.39 is 0 Å². The van der Waals surface area contributed by atoms with Gasteiger partial charge >= 0.3 is 0 Å². The fraction of sp³-hybridized carbons (Fsp3) is 0.633. The Morgan fingerprint density at radius 1 is 0.895 bits per heavy atom. The second-order valence-electron chi connectivity index (χ2n) is 11.9. The lowest BCUT2D eigenvalue weighted by molar-refractivity contribution is 0.292. The summed E-state index contributed by atoms with van der Waals surface area (Å²) >= 11 is 5.77. The summed E-state index contributed by atoms with van der Waals surface area (Å²) < 4.78 is 13.6. The van der Waals surface area contributed by atoms with E-state index >= 15 is 0 Å². The SMILES string of the molecule is CC1CCN(c2cc(N3CCC(C)CC3)nc(NC(=S)NCC3(c4ccc(F)cc4)CCCCC3)n2)CC1. The number of halogens is 1. The molecule has 0 atom stereocenters. The van der Waals surface area contributed by atoms with Crippen LogP contribution in [-0.4, -0.2) is 47.8 Å². The van der Waals surface area contributed by atoms with Crippen LogP contribution in [0.4, 0.5) is 22.0 Å². The first-order valence-corrected chi connectivity index (χ1v) is 15.0. The van der Waals surface area contributed by atoms with Crippen molar-refractivity contribution in [2.75, 3.05) is 47.8 Å². The molecule has 38 heavy (non-hydrogen) atoms. The molecule has 5 rings (SSSR count). The first kappa shape index (κ1) is 27.1. The zero-order valence-electron chi connectivity index (χ0n) is 23.0. The van der Waals surface area contributed by atoms with Gasteiger partial charge in [0.15, 0.2) is 5.11 Å². The Bertz CT molecular complexity index is 1030. The summed E-state index contributed by atoms with van der Waals surface area (Å²) in [6, 6.07) is 9.20. The third-order valence-corrected chi connectivity index (χ3v) is 9.24. The van der Waals surface area contributed by atoms with Crippen LogP contribution in [0, 0.1) is 17.7 Å². The van der Waals surface area contributed by atoms with Gasteiger partial charge in [0.25, 0.3) is 0 Å². The molecular weight excluding hydrogens is 495 g/mol. The molecule has 2 aromatic rings. The van der Waals surface area contributed by atoms with Crippen molar-refractivity contribution in [1.29, 1.82) is 0 Å². The van der Waals surface area contributed by atoms with Crippen molar-refractivity contribution < 1.29 is 4.39 Å². The molecule has 0 unspecified atom stereocenters. The Labute approximate surface area is 232 Å². The highest BCUT2D eigenvalue weighted by molar-refractivity contribution is 7.80. The third-order valence-electron chi connectivity index (χ3n) is 8.99. The third kappa shape index (κ3) is 6.56. The molecule has 2 N–H and O–H groups in total. The van der Waals surface area contributed by atoms with E-state index in [1.54, 1.807) is 12.1 Å². The molecule has 3 fully saturated rings. The molecule has 3 aliphatic rings. The molecular formula is C30H43FN6S. The van der Waals surface area contributed by atoms with Crippen molar-refractivity contribution in [3.8, 4) is 0 Å². The number of piperidine rings is 2. The molecule has 206 valence electrons. The van der Waals surface area contributed by atoms with Gasteiger partial charge in [0.1, 0.15) is 17.5 Å². The Balaban J connectivity index is 1.31. The minimum Gasteiger partial charge on any atom is -0.361 e. The molecule has 1 saturated carbocycles. The predicted octanol–water partition coefficient (Wildman–Crippen LogP) is 6.28. The Morgan fingerprint density at radius 3 is 1.95 bits per heavy atom. The van der Waals surface area contributed by atoms with Gasteiger partial charge in [-0.2, -0.15) is 9.97 Å². The van der Waals surface area contributed by atoms with Gasteiger partial charge in [0.05, 0.1) is 0 Å². The van der Waals surface area contributed by atoms with E-state index in [1.165, 1.54) is 50.5 Å². The number of benzene rings is 1. The maximum atomic E-state index is 13.6. The summed E-state index contributed by atoms with van der Waals surface area (Å²) in [5.74, 6) is 3.87. The summed E-state index contributed by atoms with van der Waals surface area (Å²) in [6.45, 7) is 9.48. The van der Waals surface area contributed by atoms with E-state index in [9.17, 15) is 4.39 Å². The molecule has 1 aliphatic carbocycles. The van der Waals surface area contributed by atoms with E-state index in [2.05, 4.69) is 40.3 Å². The molecule has 2 saturated heterocycles. The fourth-order valence-electron chi connectivity index (χ4n) is 6.27. The molecule has 3 heterocycles. The minimum atomic E-state index is -0.191. The molecule has 8 heteroatoms. The minimum absolute atomic E-state index is 0.0411. The standard InChI is InChI=1S/C30H43FN6S/c1-22-10-16-36(17-11-22)26-20-27(37-18-12-23(2)13-19-37)34-28(33-26)35-29(38)32-21-30(14-4-3-5-15-30)24-6-8-25(31)9-7-24/h6-9,20,22-23H,3-5,10-19,21H2,1-2H3,(H2,32,33,34,35,38). The maximum absolute atomic E-state index is 13.6. The molecule has 0 radical (unpaired) electrons. The summed E-state index contributed by atoms with van der Waals surface area (Å²) in [4.78, 5) is 14.6. The van der Waals surface area contributed by atoms with Gasteiger partial charge in [0, 0.05) is 44.2 Å². The van der Waals surface area contributed by atoms with Gasteiger partial charge in [-0.1, -0.05) is 45.2 Å². The smallest absolute Gasteiger partial charge is 0.232 e. The van der Waals surface area contributed by atoms with Crippen LogP contribution in [0.25, 0.3) is 0 Å². The van der Waals surface area contributed by atoms with Crippen molar-refractivity contribution in [2.24, 2.45) is 11.8 Å². The van der Waals surface area contributed by atoms with Crippen LogP contribution in [0.5, 0.6) is 0 Å². The van der Waals surface area contributed by atoms with Crippen molar-refractivity contribution in [1.82, 2.24) is 15.3 Å². The lowest BCUT2D eigenvalue weighted by Crippen LogP contribution is -2.43. The highest BCUT2D eigenvalue weighted by atomic mass is 32.1. The number of nitrogens with one attached hydrogen (secondary N) is 2. The molecule has 2 aliphatic heterocycles. The number of aromatic nitrogens is 2. The topological polar surface area (TPSA) is 56.3 Å². The van der Waals surface area contributed by atoms with Crippen LogP contribution in [0.2, 0.25) is 0 Å². The number of nitrogens with zero attached hydrogens (tertiary/aromatic N) is 4. The average Bonchev–Trinajstić information content (AvgIpc) is 2.93. The molecule has 1 aromatic heterocycles. The monoisotopic (exact) mass is 538 g/mol. The Kier molecular flexibility index (Phi) is 8.66. The van der Waals surface area contributed by atoms with Gasteiger partial charge < -0.3 is 20.4 Å². The summed E-state index contributed by atoms with van der Waals surface area (Å²) in [7, 11) is 0. The fourth-order valence-corrected chi connectivity index (χ4v) is 6.44. The van der Waals surface area contributed by atoms with Gasteiger partial charge in [-0.05, 0) is 80.3 Å². The van der Waals surface area contributed by atoms with E-state index in [0.717, 1.165) is 62.5 Å². The lowest BCUT2D eigenvalue weighted by atomic mass is 9.69. The van der Waals surface area contributed by atoms with Crippen LogP contribution in [0.3, 0.4) is 0 Å². The number of hydrogen-bond donors (Lipinski definition) is 2. The zero-order valence-corrected chi connectivity index (χ0v) is 23.8. The largest absolute Gasteiger partial charge is 0.361 e. The number of anilines is 3. The van der Waals surface area contributed by atoms with Gasteiger partial charge in [-0.3, -0.25) is 0 Å². The van der Waals surface area contributed by atoms with Crippen LogP contribution in [-0.2, 0) is 5.41 Å². The quantitative estimate of drug-likeness (QED) is 0.420. The Morgan fingerprint density at radius 2 is 1.42 bits per heavy atom. The van der Waals surface area contributed by atoms with E-state index in [4.69, 9.17) is 22.2 Å². The first-order valence-electron chi connectivity index (χ1n) is 14.6. The van der Waals surface area contributed by atoms with Crippen LogP contribution in [0.15, 0.2) is 30.3 Å². The van der Waals surface area contributed by atoms with Crippen molar-refractivity contribution in [2.45, 2.75) is 77.0 Å². The maximum Gasteiger partial charge on any atom is 0.232 e. The highest BCUT2D eigenvalue weighted by Gasteiger charge is 2.34. The summed E-state index contributed by atoms with van der Waals surface area (Å²) in [5, 5.41) is 7.35. The molecule has 0 bridgehead atoms. The van der Waals surface area contributed by atoms with Crippen LogP contribution >= 0.6 is 12.2 Å². The van der Waals surface area contributed by atoms with Gasteiger partial charge in [0.2, 0.25) is 5.95 Å². The van der Waals surface area contributed by atoms with Crippen molar-refractivity contribution >= 4 is 34.9 Å². The zero-order chi connectivity index (χ0) is 26.5. The van der Waals surface area contributed by atoms with Gasteiger partial charge in [-0.15, -0.1) is 0 Å². The number of hydrogen-bond acceptors (Lipinski definition) is 5. The number of thiocarbonyl (C=S) groups is 1. The second kappa shape index (κ2) is 12.1. The van der Waals surface area contributed by atoms with E-state index in [0.29, 0.717) is 17.6 Å². The first-order chi connectivity index (χ1) is 18.4. The van der Waals surface area contributed by atoms with Gasteiger partial charge in [-0.25, -0.2) is 4.39 Å². The highest BCUT2D eigenvalue weighted by Crippen LogP contribution is 2.39. The molecule has 0 spiro atoms. The molecule has 6 nitrogen and oxygen atoms in total. The van der Waals surface area contributed by atoms with Crippen LogP contribution in [0.1, 0.15) is 77.2 Å². The van der Waals surface area contributed by atoms with Crippen molar-refractivity contribution in [3.05, 3.63) is 41.7 Å². The molecule has 1 aromatic carbocycles. The summed E-state index contributed by atoms with van der Waals surface area (Å²) in [5.41, 5.74) is 1.15. The number of rotatable bonds is 6. The Hall–Kier alpha value is -2.48. The van der Waals surface area contributed by atoms with E-state index in [1.807, 2.05) is 12.1 Å². The molecule has 0 amide bonds. The van der Waals surface area contributed by atoms with E-state index in [-0.39, 0.29) is 11.2 Å². The second-order valence-corrected chi connectivity index (χ2v) is 12.3. The average molecular weight is 539 g/mol. The lowest BCUT2D eigenvalue weighted by Gasteiger charge is -2.38. The summed E-state index contributed by atoms with van der Waals surface area (Å²) in [6.07, 6.45) is 10.5. The van der Waals surface area contributed by atoms with Crippen LogP contribution < -0.4 is 20.4 Å².